The average molecular weight is 670 g/mol. The van der Waals surface area contributed by atoms with Crippen LogP contribution in [0, 0.1) is 26.6 Å². The van der Waals surface area contributed by atoms with Crippen LogP contribution in [0.5, 0.6) is 0 Å². The standard InChI is InChI=1S/C39H44FN3O4S/c1-28-19-22-34(23-20-28)48(46,47)43(36-24-29(2)18-21-30(36)3)27-38(44)42(26-32-14-10-11-17-35(32)40)37(25-31-12-6-4-7-13-31)39(45)41-33-15-8-5-9-16-33/h4,6-7,10-14,17-24,33,37H,5,8-9,15-16,25-27H2,1-3H3,(H,41,45)/t37-/m1/s1. The van der Waals surface area contributed by atoms with E-state index in [1.54, 1.807) is 43.3 Å². The summed E-state index contributed by atoms with van der Waals surface area (Å²) in [6, 6.07) is 26.4. The highest BCUT2D eigenvalue weighted by Crippen LogP contribution is 2.29. The lowest BCUT2D eigenvalue weighted by molar-refractivity contribution is -0.140. The molecule has 4 aromatic rings. The first kappa shape index (κ1) is 34.8. The summed E-state index contributed by atoms with van der Waals surface area (Å²) >= 11 is 0. The number of hydrogen-bond acceptors (Lipinski definition) is 4. The van der Waals surface area contributed by atoms with Crippen molar-refractivity contribution in [1.82, 2.24) is 10.2 Å². The second-order valence-corrected chi connectivity index (χ2v) is 14.6. The molecule has 2 amide bonds. The lowest BCUT2D eigenvalue weighted by atomic mass is 9.94. The molecule has 0 aliphatic heterocycles. The van der Waals surface area contributed by atoms with Crippen LogP contribution in [0.25, 0.3) is 0 Å². The van der Waals surface area contributed by atoms with Crippen molar-refractivity contribution in [3.8, 4) is 0 Å². The van der Waals surface area contributed by atoms with Gasteiger partial charge in [0.25, 0.3) is 10.0 Å². The van der Waals surface area contributed by atoms with Crippen molar-refractivity contribution in [2.75, 3.05) is 10.8 Å². The first-order valence-electron chi connectivity index (χ1n) is 16.6. The van der Waals surface area contributed by atoms with Gasteiger partial charge in [-0.05, 0) is 74.6 Å². The van der Waals surface area contributed by atoms with Crippen LogP contribution in [0.1, 0.15) is 59.9 Å². The minimum Gasteiger partial charge on any atom is -0.352 e. The molecule has 48 heavy (non-hydrogen) atoms. The van der Waals surface area contributed by atoms with Crippen LogP contribution in [0.2, 0.25) is 0 Å². The first-order chi connectivity index (χ1) is 23.0. The largest absolute Gasteiger partial charge is 0.352 e. The predicted molar refractivity (Wildman–Crippen MR) is 188 cm³/mol. The Balaban J connectivity index is 1.59. The van der Waals surface area contributed by atoms with Gasteiger partial charge in [-0.25, -0.2) is 12.8 Å². The SMILES string of the molecule is Cc1ccc(S(=O)(=O)N(CC(=O)N(Cc2ccccc2F)[C@H](Cc2ccccc2)C(=O)NC2CCCCC2)c2cc(C)ccc2C)cc1. The summed E-state index contributed by atoms with van der Waals surface area (Å²) in [5.41, 5.74) is 3.80. The van der Waals surface area contributed by atoms with E-state index in [4.69, 9.17) is 0 Å². The highest BCUT2D eigenvalue weighted by molar-refractivity contribution is 7.92. The van der Waals surface area contributed by atoms with Crippen LogP contribution in [0.3, 0.4) is 0 Å². The maximum absolute atomic E-state index is 15.2. The third kappa shape index (κ3) is 8.50. The maximum Gasteiger partial charge on any atom is 0.264 e. The van der Waals surface area contributed by atoms with Crippen LogP contribution in [-0.4, -0.2) is 43.8 Å². The molecule has 4 aromatic carbocycles. The quantitative estimate of drug-likeness (QED) is 0.176. The second kappa shape index (κ2) is 15.6. The minimum absolute atomic E-state index is 0.0247. The van der Waals surface area contributed by atoms with Gasteiger partial charge in [0, 0.05) is 24.6 Å². The van der Waals surface area contributed by atoms with E-state index >= 15 is 4.39 Å². The fourth-order valence-corrected chi connectivity index (χ4v) is 7.72. The van der Waals surface area contributed by atoms with Crippen molar-refractivity contribution >= 4 is 27.5 Å². The van der Waals surface area contributed by atoms with Gasteiger partial charge in [-0.15, -0.1) is 0 Å². The summed E-state index contributed by atoms with van der Waals surface area (Å²) in [7, 11) is -4.24. The third-order valence-corrected chi connectivity index (χ3v) is 10.8. The maximum atomic E-state index is 15.2. The molecule has 1 saturated carbocycles. The number of carbonyl (C=O) groups is 2. The van der Waals surface area contributed by atoms with Gasteiger partial charge in [0.1, 0.15) is 18.4 Å². The Morgan fingerprint density at radius 2 is 1.48 bits per heavy atom. The zero-order valence-electron chi connectivity index (χ0n) is 27.9. The number of aryl methyl sites for hydroxylation is 3. The molecule has 1 aliphatic carbocycles. The van der Waals surface area contributed by atoms with Gasteiger partial charge < -0.3 is 10.2 Å². The van der Waals surface area contributed by atoms with Crippen LogP contribution in [-0.2, 0) is 32.6 Å². The first-order valence-corrected chi connectivity index (χ1v) is 18.0. The van der Waals surface area contributed by atoms with E-state index in [1.165, 1.54) is 23.1 Å². The fraction of sp³-hybridized carbons (Fsp3) is 0.333. The zero-order chi connectivity index (χ0) is 34.3. The lowest BCUT2D eigenvalue weighted by Crippen LogP contribution is -2.55. The van der Waals surface area contributed by atoms with E-state index in [0.29, 0.717) is 11.3 Å². The number of hydrogen-bond donors (Lipinski definition) is 1. The van der Waals surface area contributed by atoms with Crippen molar-refractivity contribution in [2.24, 2.45) is 0 Å². The number of amides is 2. The number of rotatable bonds is 12. The molecule has 0 aromatic heterocycles. The normalized spacial score (nSPS) is 14.2. The molecule has 0 bridgehead atoms. The Bertz CT molecular complexity index is 1820. The molecule has 0 saturated heterocycles. The van der Waals surface area contributed by atoms with Gasteiger partial charge in [-0.2, -0.15) is 0 Å². The summed E-state index contributed by atoms with van der Waals surface area (Å²) in [5, 5.41) is 3.18. The summed E-state index contributed by atoms with van der Waals surface area (Å²) < 4.78 is 45.0. The molecule has 1 fully saturated rings. The Morgan fingerprint density at radius 1 is 0.833 bits per heavy atom. The summed E-state index contributed by atoms with van der Waals surface area (Å²) in [6.45, 7) is 4.72. The fourth-order valence-electron chi connectivity index (χ4n) is 6.25. The van der Waals surface area contributed by atoms with Crippen LogP contribution >= 0.6 is 0 Å². The number of sulfonamides is 1. The van der Waals surface area contributed by atoms with E-state index in [9.17, 15) is 18.0 Å². The Morgan fingerprint density at radius 3 is 2.17 bits per heavy atom. The summed E-state index contributed by atoms with van der Waals surface area (Å²) in [6.07, 6.45) is 5.00. The summed E-state index contributed by atoms with van der Waals surface area (Å²) in [5.74, 6) is -1.47. The van der Waals surface area contributed by atoms with Gasteiger partial charge in [0.15, 0.2) is 0 Å². The number of nitrogens with one attached hydrogen (secondary N) is 1. The van der Waals surface area contributed by atoms with Crippen molar-refractivity contribution in [3.05, 3.63) is 131 Å². The van der Waals surface area contributed by atoms with Crippen LogP contribution in [0.4, 0.5) is 10.1 Å². The van der Waals surface area contributed by atoms with E-state index in [1.807, 2.05) is 56.3 Å². The van der Waals surface area contributed by atoms with Crippen molar-refractivity contribution < 1.29 is 22.4 Å². The monoisotopic (exact) mass is 669 g/mol. The molecule has 5 rings (SSSR count). The number of halogens is 1. The number of carbonyl (C=O) groups excluding carboxylic acids is 2. The average Bonchev–Trinajstić information content (AvgIpc) is 3.08. The van der Waals surface area contributed by atoms with Gasteiger partial charge in [0.2, 0.25) is 11.8 Å². The van der Waals surface area contributed by atoms with E-state index in [0.717, 1.165) is 53.1 Å². The van der Waals surface area contributed by atoms with Gasteiger partial charge in [-0.1, -0.05) is 97.6 Å². The Labute approximate surface area is 283 Å². The molecule has 1 atom stereocenters. The molecule has 252 valence electrons. The highest BCUT2D eigenvalue weighted by atomic mass is 32.2. The zero-order valence-corrected chi connectivity index (χ0v) is 28.7. The number of nitrogens with zero attached hydrogens (tertiary/aromatic N) is 2. The Hall–Kier alpha value is -4.50. The second-order valence-electron chi connectivity index (χ2n) is 12.8. The minimum atomic E-state index is -4.24. The van der Waals surface area contributed by atoms with E-state index in [2.05, 4.69) is 5.32 Å². The topological polar surface area (TPSA) is 86.8 Å². The Kier molecular flexibility index (Phi) is 11.3. The molecule has 9 heteroatoms. The van der Waals surface area contributed by atoms with Crippen LogP contribution in [0.15, 0.2) is 102 Å². The predicted octanol–water partition coefficient (Wildman–Crippen LogP) is 7.04. The molecular formula is C39H44FN3O4S. The smallest absolute Gasteiger partial charge is 0.264 e. The summed E-state index contributed by atoms with van der Waals surface area (Å²) in [4.78, 5) is 30.3. The molecule has 0 heterocycles. The van der Waals surface area contributed by atoms with Gasteiger partial charge in [-0.3, -0.25) is 13.9 Å². The van der Waals surface area contributed by atoms with E-state index < -0.39 is 34.3 Å². The van der Waals surface area contributed by atoms with Gasteiger partial charge in [0.05, 0.1) is 10.6 Å². The molecule has 1 aliphatic rings. The molecular weight excluding hydrogens is 626 g/mol. The van der Waals surface area contributed by atoms with Crippen molar-refractivity contribution in [2.45, 2.75) is 82.8 Å². The molecule has 0 radical (unpaired) electrons. The number of benzene rings is 4. The molecule has 0 unspecified atom stereocenters. The van der Waals surface area contributed by atoms with Gasteiger partial charge >= 0.3 is 0 Å². The highest BCUT2D eigenvalue weighted by Gasteiger charge is 2.36. The lowest BCUT2D eigenvalue weighted by Gasteiger charge is -2.35. The number of anilines is 1. The van der Waals surface area contributed by atoms with Crippen molar-refractivity contribution in [1.29, 1.82) is 0 Å². The van der Waals surface area contributed by atoms with Crippen molar-refractivity contribution in [3.63, 3.8) is 0 Å². The van der Waals surface area contributed by atoms with Crippen LogP contribution < -0.4 is 9.62 Å². The van der Waals surface area contributed by atoms with E-state index in [-0.39, 0.29) is 35.4 Å². The third-order valence-electron chi connectivity index (χ3n) is 9.04. The molecule has 7 nitrogen and oxygen atoms in total. The molecule has 0 spiro atoms. The molecule has 1 N–H and O–H groups in total.